The summed E-state index contributed by atoms with van der Waals surface area (Å²) in [5.41, 5.74) is 5.10. The van der Waals surface area contributed by atoms with Crippen LogP contribution in [0, 0.1) is 0 Å². The quantitative estimate of drug-likeness (QED) is 0.608. The van der Waals surface area contributed by atoms with Gasteiger partial charge in [-0.3, -0.25) is 9.59 Å². The van der Waals surface area contributed by atoms with Crippen molar-refractivity contribution in [3.05, 3.63) is 51.2 Å². The fraction of sp³-hybridized carbons (Fsp3) is 0.133. The molecule has 2 N–H and O–H groups in total. The number of halogens is 1. The molecule has 1 aromatic heterocycles. The number of thiophene rings is 1. The zero-order valence-corrected chi connectivity index (χ0v) is 13.4. The van der Waals surface area contributed by atoms with Crippen molar-refractivity contribution in [3.8, 4) is 5.75 Å². The van der Waals surface area contributed by atoms with Crippen LogP contribution in [0.4, 0.5) is 0 Å². The predicted molar refractivity (Wildman–Crippen MR) is 85.1 cm³/mol. The topological polar surface area (TPSA) is 95.7 Å². The molecule has 120 valence electrons. The van der Waals surface area contributed by atoms with Crippen molar-refractivity contribution in [2.45, 2.75) is 0 Å². The third kappa shape index (κ3) is 4.80. The second-order valence-corrected chi connectivity index (χ2v) is 6.07. The van der Waals surface area contributed by atoms with E-state index in [-0.39, 0.29) is 23.7 Å². The first-order chi connectivity index (χ1) is 11.0. The highest BCUT2D eigenvalue weighted by Gasteiger charge is 2.17. The van der Waals surface area contributed by atoms with Crippen molar-refractivity contribution < 1.29 is 23.9 Å². The fourth-order valence-electron chi connectivity index (χ4n) is 1.65. The smallest absolute Gasteiger partial charge is 0.342 e. The van der Waals surface area contributed by atoms with Crippen LogP contribution in [0.2, 0.25) is 4.34 Å². The number of hydrogen-bond acceptors (Lipinski definition) is 6. The van der Waals surface area contributed by atoms with Crippen molar-refractivity contribution in [1.29, 1.82) is 0 Å². The molecule has 0 bridgehead atoms. The molecule has 0 unspecified atom stereocenters. The van der Waals surface area contributed by atoms with Gasteiger partial charge < -0.3 is 15.2 Å². The Morgan fingerprint density at radius 1 is 1.09 bits per heavy atom. The van der Waals surface area contributed by atoms with Gasteiger partial charge in [-0.2, -0.15) is 0 Å². The highest BCUT2D eigenvalue weighted by atomic mass is 35.5. The monoisotopic (exact) mass is 353 g/mol. The van der Waals surface area contributed by atoms with Gasteiger partial charge in [-0.25, -0.2) is 4.79 Å². The largest absolute Gasteiger partial charge is 0.483 e. The lowest BCUT2D eigenvalue weighted by Gasteiger charge is -2.09. The average molecular weight is 354 g/mol. The summed E-state index contributed by atoms with van der Waals surface area (Å²) in [5, 5.41) is 0. The van der Waals surface area contributed by atoms with Crippen molar-refractivity contribution in [2.24, 2.45) is 5.73 Å². The Morgan fingerprint density at radius 2 is 1.83 bits per heavy atom. The van der Waals surface area contributed by atoms with E-state index in [1.807, 2.05) is 0 Å². The van der Waals surface area contributed by atoms with Gasteiger partial charge in [0.15, 0.2) is 13.2 Å². The lowest BCUT2D eigenvalue weighted by molar-refractivity contribution is -0.119. The van der Waals surface area contributed by atoms with Crippen LogP contribution in [-0.2, 0) is 9.53 Å². The number of esters is 1. The molecule has 6 nitrogen and oxygen atoms in total. The molecule has 2 aromatic rings. The van der Waals surface area contributed by atoms with Gasteiger partial charge in [0.05, 0.1) is 9.21 Å². The van der Waals surface area contributed by atoms with E-state index in [0.717, 1.165) is 11.3 Å². The Balaban J connectivity index is 2.00. The molecule has 8 heteroatoms. The molecule has 2 rings (SSSR count). The Bertz CT molecular complexity index is 743. The van der Waals surface area contributed by atoms with E-state index in [9.17, 15) is 14.4 Å². The number of rotatable bonds is 7. The van der Waals surface area contributed by atoms with Crippen LogP contribution in [0.1, 0.15) is 20.0 Å². The van der Waals surface area contributed by atoms with E-state index in [1.165, 1.54) is 12.1 Å². The van der Waals surface area contributed by atoms with E-state index in [2.05, 4.69) is 0 Å². The maximum atomic E-state index is 12.1. The summed E-state index contributed by atoms with van der Waals surface area (Å²) < 4.78 is 10.6. The number of carbonyl (C=O) groups is 3. The van der Waals surface area contributed by atoms with Crippen molar-refractivity contribution in [2.75, 3.05) is 13.2 Å². The molecule has 0 saturated carbocycles. The summed E-state index contributed by atoms with van der Waals surface area (Å²) in [6.07, 6.45) is 0. The van der Waals surface area contributed by atoms with Crippen LogP contribution >= 0.6 is 22.9 Å². The Labute approximate surface area is 140 Å². The van der Waals surface area contributed by atoms with Crippen LogP contribution in [0.5, 0.6) is 5.75 Å². The molecule has 0 spiro atoms. The molecule has 23 heavy (non-hydrogen) atoms. The minimum Gasteiger partial charge on any atom is -0.483 e. The van der Waals surface area contributed by atoms with E-state index in [0.29, 0.717) is 9.21 Å². The lowest BCUT2D eigenvalue weighted by atomic mass is 10.2. The number of amides is 1. The standard InChI is InChI=1S/C15H12ClNO5S/c16-13-6-5-12(23-13)10(18)7-22-15(20)9-3-1-2-4-11(9)21-8-14(17)19/h1-6H,7-8H2,(H2,17,19). The molecule has 0 fully saturated rings. The summed E-state index contributed by atoms with van der Waals surface area (Å²) in [6.45, 7) is -0.781. The van der Waals surface area contributed by atoms with Gasteiger partial charge in [0, 0.05) is 0 Å². The third-order valence-electron chi connectivity index (χ3n) is 2.66. The van der Waals surface area contributed by atoms with Crippen molar-refractivity contribution >= 4 is 40.6 Å². The third-order valence-corrected chi connectivity index (χ3v) is 3.93. The average Bonchev–Trinajstić information content (AvgIpc) is 2.97. The van der Waals surface area contributed by atoms with Crippen LogP contribution in [0.3, 0.4) is 0 Å². The Morgan fingerprint density at radius 3 is 2.48 bits per heavy atom. The first kappa shape index (κ1) is 17.0. The van der Waals surface area contributed by atoms with Gasteiger partial charge in [-0.15, -0.1) is 11.3 Å². The van der Waals surface area contributed by atoms with Gasteiger partial charge in [0.2, 0.25) is 5.78 Å². The van der Waals surface area contributed by atoms with Crippen LogP contribution in [-0.4, -0.2) is 30.9 Å². The summed E-state index contributed by atoms with van der Waals surface area (Å²) in [4.78, 5) is 35.1. The number of hydrogen-bond donors (Lipinski definition) is 1. The summed E-state index contributed by atoms with van der Waals surface area (Å²) in [7, 11) is 0. The minimum atomic E-state index is -0.735. The first-order valence-corrected chi connectivity index (χ1v) is 7.62. The Kier molecular flexibility index (Phi) is 5.72. The molecule has 1 heterocycles. The molecular formula is C15H12ClNO5S. The van der Waals surface area contributed by atoms with Crippen molar-refractivity contribution in [3.63, 3.8) is 0 Å². The molecule has 1 aromatic carbocycles. The molecule has 1 amide bonds. The summed E-state index contributed by atoms with van der Waals surface area (Å²) in [5.74, 6) is -1.60. The molecule has 0 aliphatic carbocycles. The van der Waals surface area contributed by atoms with Gasteiger partial charge in [0.25, 0.3) is 5.91 Å². The maximum absolute atomic E-state index is 12.1. The number of primary amides is 1. The number of nitrogens with two attached hydrogens (primary N) is 1. The second-order valence-electron chi connectivity index (χ2n) is 4.35. The van der Waals surface area contributed by atoms with Crippen LogP contribution in [0.25, 0.3) is 0 Å². The minimum absolute atomic E-state index is 0.103. The fourth-order valence-corrected chi connectivity index (χ4v) is 2.62. The molecular weight excluding hydrogens is 342 g/mol. The van der Waals surface area contributed by atoms with Gasteiger partial charge >= 0.3 is 5.97 Å². The summed E-state index contributed by atoms with van der Waals surface area (Å²) >= 11 is 6.85. The molecule has 0 radical (unpaired) electrons. The highest BCUT2D eigenvalue weighted by Crippen LogP contribution is 2.22. The normalized spacial score (nSPS) is 10.1. The van der Waals surface area contributed by atoms with Crippen LogP contribution < -0.4 is 10.5 Å². The van der Waals surface area contributed by atoms with Crippen molar-refractivity contribution in [1.82, 2.24) is 0 Å². The molecule has 0 aliphatic heterocycles. The SMILES string of the molecule is NC(=O)COc1ccccc1C(=O)OCC(=O)c1ccc(Cl)s1. The zero-order chi connectivity index (χ0) is 16.8. The number of ether oxygens (including phenoxy) is 2. The molecule has 0 atom stereocenters. The zero-order valence-electron chi connectivity index (χ0n) is 11.8. The van der Waals surface area contributed by atoms with E-state index in [1.54, 1.807) is 24.3 Å². The number of ketones is 1. The first-order valence-electron chi connectivity index (χ1n) is 6.43. The lowest BCUT2D eigenvalue weighted by Crippen LogP contribution is -2.21. The van der Waals surface area contributed by atoms with E-state index < -0.39 is 18.5 Å². The van der Waals surface area contributed by atoms with Gasteiger partial charge in [-0.1, -0.05) is 23.7 Å². The van der Waals surface area contributed by atoms with E-state index >= 15 is 0 Å². The number of carbonyl (C=O) groups excluding carboxylic acids is 3. The van der Waals surface area contributed by atoms with E-state index in [4.69, 9.17) is 26.8 Å². The van der Waals surface area contributed by atoms with Crippen LogP contribution in [0.15, 0.2) is 36.4 Å². The predicted octanol–water partition coefficient (Wildman–Crippen LogP) is 2.31. The maximum Gasteiger partial charge on any atom is 0.342 e. The summed E-state index contributed by atoms with van der Waals surface area (Å²) in [6, 6.07) is 9.35. The molecule has 0 saturated heterocycles. The Hall–Kier alpha value is -2.38. The highest BCUT2D eigenvalue weighted by molar-refractivity contribution is 7.18. The molecule has 0 aliphatic rings. The second kappa shape index (κ2) is 7.75. The van der Waals surface area contributed by atoms with Gasteiger partial charge in [0.1, 0.15) is 11.3 Å². The number of Topliss-reactive ketones (excluding diaryl/α,β-unsaturated/α-hetero) is 1. The number of benzene rings is 1. The number of para-hydroxylation sites is 1. The van der Waals surface area contributed by atoms with Gasteiger partial charge in [-0.05, 0) is 24.3 Å².